The Bertz CT molecular complexity index is 625. The molecule has 0 aliphatic carbocycles. The van der Waals surface area contributed by atoms with Crippen molar-refractivity contribution in [1.82, 2.24) is 4.90 Å². The maximum Gasteiger partial charge on any atom is 0.127 e. The van der Waals surface area contributed by atoms with Crippen LogP contribution in [-0.2, 0) is 4.74 Å². The van der Waals surface area contributed by atoms with Crippen molar-refractivity contribution in [3.8, 4) is 5.75 Å². The molecule has 1 aliphatic heterocycles. The number of benzene rings is 2. The van der Waals surface area contributed by atoms with Gasteiger partial charge in [0.05, 0.1) is 25.4 Å². The standard InChI is InChI=1S/C18H23NO3/c1-18(13-20)14-21-11-9-19(18)10-12-22-17-8-4-6-15-5-2-3-7-16(15)17/h2-8,20H,9-14H2,1H3. The monoisotopic (exact) mass is 301 g/mol. The van der Waals surface area contributed by atoms with Gasteiger partial charge in [0, 0.05) is 18.5 Å². The van der Waals surface area contributed by atoms with Crippen molar-refractivity contribution >= 4 is 10.8 Å². The van der Waals surface area contributed by atoms with Crippen LogP contribution in [0, 0.1) is 0 Å². The van der Waals surface area contributed by atoms with Gasteiger partial charge in [-0.05, 0) is 18.4 Å². The number of morpholine rings is 1. The Morgan fingerprint density at radius 2 is 2.05 bits per heavy atom. The topological polar surface area (TPSA) is 41.9 Å². The van der Waals surface area contributed by atoms with Gasteiger partial charge in [0.25, 0.3) is 0 Å². The zero-order chi connectivity index (χ0) is 15.4. The van der Waals surface area contributed by atoms with Crippen LogP contribution in [0.2, 0.25) is 0 Å². The van der Waals surface area contributed by atoms with Crippen molar-refractivity contribution in [2.24, 2.45) is 0 Å². The Kier molecular flexibility index (Phi) is 4.62. The average Bonchev–Trinajstić information content (AvgIpc) is 2.57. The molecule has 1 N–H and O–H groups in total. The van der Waals surface area contributed by atoms with E-state index in [9.17, 15) is 5.11 Å². The third-order valence-electron chi connectivity index (χ3n) is 4.39. The minimum Gasteiger partial charge on any atom is -0.492 e. The van der Waals surface area contributed by atoms with Crippen molar-refractivity contribution < 1.29 is 14.6 Å². The second kappa shape index (κ2) is 6.65. The van der Waals surface area contributed by atoms with E-state index in [-0.39, 0.29) is 12.1 Å². The molecule has 4 heteroatoms. The molecule has 0 bridgehead atoms. The van der Waals surface area contributed by atoms with E-state index in [2.05, 4.69) is 23.1 Å². The van der Waals surface area contributed by atoms with Crippen molar-refractivity contribution in [1.29, 1.82) is 0 Å². The van der Waals surface area contributed by atoms with Crippen LogP contribution in [-0.4, -0.2) is 55.1 Å². The predicted molar refractivity (Wildman–Crippen MR) is 87.3 cm³/mol. The van der Waals surface area contributed by atoms with E-state index in [1.165, 1.54) is 5.39 Å². The third kappa shape index (κ3) is 3.09. The number of aliphatic hydroxyl groups excluding tert-OH is 1. The number of ether oxygens (including phenoxy) is 2. The van der Waals surface area contributed by atoms with Crippen molar-refractivity contribution in [2.45, 2.75) is 12.5 Å². The predicted octanol–water partition coefficient (Wildman–Crippen LogP) is 2.30. The van der Waals surface area contributed by atoms with Crippen LogP contribution >= 0.6 is 0 Å². The molecule has 2 aromatic carbocycles. The van der Waals surface area contributed by atoms with Gasteiger partial charge in [0.15, 0.2) is 0 Å². The maximum atomic E-state index is 9.62. The second-order valence-corrected chi connectivity index (χ2v) is 6.02. The van der Waals surface area contributed by atoms with Gasteiger partial charge in [0.2, 0.25) is 0 Å². The fourth-order valence-electron chi connectivity index (χ4n) is 2.94. The van der Waals surface area contributed by atoms with Gasteiger partial charge in [-0.15, -0.1) is 0 Å². The average molecular weight is 301 g/mol. The summed E-state index contributed by atoms with van der Waals surface area (Å²) >= 11 is 0. The fourth-order valence-corrected chi connectivity index (χ4v) is 2.94. The minimum absolute atomic E-state index is 0.0985. The molecule has 0 saturated carbocycles. The van der Waals surface area contributed by atoms with Gasteiger partial charge in [-0.2, -0.15) is 0 Å². The lowest BCUT2D eigenvalue weighted by molar-refractivity contribution is -0.0851. The van der Waals surface area contributed by atoms with Crippen LogP contribution < -0.4 is 4.74 Å². The smallest absolute Gasteiger partial charge is 0.127 e. The van der Waals surface area contributed by atoms with E-state index in [1.54, 1.807) is 0 Å². The Morgan fingerprint density at radius 1 is 1.23 bits per heavy atom. The molecule has 0 amide bonds. The molecule has 1 unspecified atom stereocenters. The zero-order valence-electron chi connectivity index (χ0n) is 13.0. The highest BCUT2D eigenvalue weighted by Gasteiger charge is 2.34. The van der Waals surface area contributed by atoms with E-state index in [4.69, 9.17) is 9.47 Å². The van der Waals surface area contributed by atoms with Crippen LogP contribution in [0.25, 0.3) is 10.8 Å². The summed E-state index contributed by atoms with van der Waals surface area (Å²) in [6.45, 7) is 5.62. The molecule has 0 radical (unpaired) electrons. The lowest BCUT2D eigenvalue weighted by atomic mass is 10.0. The molecule has 1 aliphatic rings. The first-order valence-electron chi connectivity index (χ1n) is 7.77. The first kappa shape index (κ1) is 15.3. The third-order valence-corrected chi connectivity index (χ3v) is 4.39. The number of nitrogens with zero attached hydrogens (tertiary/aromatic N) is 1. The van der Waals surface area contributed by atoms with Gasteiger partial charge < -0.3 is 14.6 Å². The van der Waals surface area contributed by atoms with E-state index in [0.29, 0.717) is 19.8 Å². The second-order valence-electron chi connectivity index (χ2n) is 6.02. The van der Waals surface area contributed by atoms with Gasteiger partial charge >= 0.3 is 0 Å². The summed E-state index contributed by atoms with van der Waals surface area (Å²) in [5.74, 6) is 0.914. The van der Waals surface area contributed by atoms with Crippen molar-refractivity contribution in [3.05, 3.63) is 42.5 Å². The Labute approximate surface area is 131 Å². The van der Waals surface area contributed by atoms with Crippen LogP contribution in [0.15, 0.2) is 42.5 Å². The van der Waals surface area contributed by atoms with Gasteiger partial charge in [-0.3, -0.25) is 4.90 Å². The molecule has 0 aromatic heterocycles. The Hall–Kier alpha value is -1.62. The SMILES string of the molecule is CC1(CO)COCCN1CCOc1cccc2ccccc12. The molecule has 1 fully saturated rings. The quantitative estimate of drug-likeness (QED) is 0.920. The van der Waals surface area contributed by atoms with E-state index >= 15 is 0 Å². The lowest BCUT2D eigenvalue weighted by Gasteiger charge is -2.43. The maximum absolute atomic E-state index is 9.62. The molecular weight excluding hydrogens is 278 g/mol. The fraction of sp³-hybridized carbons (Fsp3) is 0.444. The summed E-state index contributed by atoms with van der Waals surface area (Å²) < 4.78 is 11.5. The molecule has 0 spiro atoms. The first-order chi connectivity index (χ1) is 10.7. The largest absolute Gasteiger partial charge is 0.492 e. The van der Waals surface area contributed by atoms with Crippen molar-refractivity contribution in [3.63, 3.8) is 0 Å². The summed E-state index contributed by atoms with van der Waals surface area (Å²) in [6, 6.07) is 14.3. The van der Waals surface area contributed by atoms with Crippen LogP contribution in [0.5, 0.6) is 5.75 Å². The lowest BCUT2D eigenvalue weighted by Crippen LogP contribution is -2.58. The summed E-state index contributed by atoms with van der Waals surface area (Å²) in [7, 11) is 0. The van der Waals surface area contributed by atoms with E-state index in [1.807, 2.05) is 31.2 Å². The molecule has 1 saturated heterocycles. The summed E-state index contributed by atoms with van der Waals surface area (Å²) in [5, 5.41) is 11.9. The normalized spacial score (nSPS) is 22.8. The summed E-state index contributed by atoms with van der Waals surface area (Å²) in [6.07, 6.45) is 0. The van der Waals surface area contributed by atoms with Gasteiger partial charge in [-0.1, -0.05) is 36.4 Å². The molecule has 2 aromatic rings. The molecule has 1 atom stereocenters. The van der Waals surface area contributed by atoms with Gasteiger partial charge in [0.1, 0.15) is 12.4 Å². The minimum atomic E-state index is -0.305. The van der Waals surface area contributed by atoms with Crippen LogP contribution in [0.4, 0.5) is 0 Å². The van der Waals surface area contributed by atoms with E-state index < -0.39 is 0 Å². The molecule has 1 heterocycles. The molecule has 118 valence electrons. The zero-order valence-corrected chi connectivity index (χ0v) is 13.0. The van der Waals surface area contributed by atoms with Crippen molar-refractivity contribution in [2.75, 3.05) is 39.5 Å². The highest BCUT2D eigenvalue weighted by molar-refractivity contribution is 5.88. The number of hydrogen-bond acceptors (Lipinski definition) is 4. The summed E-state index contributed by atoms with van der Waals surface area (Å²) in [5.41, 5.74) is -0.305. The highest BCUT2D eigenvalue weighted by Crippen LogP contribution is 2.25. The van der Waals surface area contributed by atoms with Crippen LogP contribution in [0.3, 0.4) is 0 Å². The number of rotatable bonds is 5. The van der Waals surface area contributed by atoms with E-state index in [0.717, 1.165) is 24.2 Å². The Balaban J connectivity index is 1.65. The number of fused-ring (bicyclic) bond motifs is 1. The number of hydrogen-bond donors (Lipinski definition) is 1. The molecule has 3 rings (SSSR count). The molecule has 22 heavy (non-hydrogen) atoms. The summed E-state index contributed by atoms with van der Waals surface area (Å²) in [4.78, 5) is 2.25. The first-order valence-corrected chi connectivity index (χ1v) is 7.77. The Morgan fingerprint density at radius 3 is 2.91 bits per heavy atom. The van der Waals surface area contributed by atoms with Gasteiger partial charge in [-0.25, -0.2) is 0 Å². The highest BCUT2D eigenvalue weighted by atomic mass is 16.5. The number of aliphatic hydroxyl groups is 1. The molecular formula is C18H23NO3. The van der Waals surface area contributed by atoms with Crippen LogP contribution in [0.1, 0.15) is 6.92 Å². The molecule has 4 nitrogen and oxygen atoms in total.